The third kappa shape index (κ3) is 2.56. The van der Waals surface area contributed by atoms with Gasteiger partial charge in [-0.3, -0.25) is 9.78 Å². The van der Waals surface area contributed by atoms with Crippen LogP contribution in [0.25, 0.3) is 10.9 Å². The summed E-state index contributed by atoms with van der Waals surface area (Å²) in [7, 11) is 0. The first-order valence-corrected chi connectivity index (χ1v) is 8.14. The van der Waals surface area contributed by atoms with E-state index >= 15 is 0 Å². The number of rotatable bonds is 3. The summed E-state index contributed by atoms with van der Waals surface area (Å²) in [6, 6.07) is 13.6. The summed E-state index contributed by atoms with van der Waals surface area (Å²) in [5.74, 6) is -0.746. The fourth-order valence-corrected chi connectivity index (χ4v) is 3.60. The van der Waals surface area contributed by atoms with Gasteiger partial charge in [-0.1, -0.05) is 6.07 Å². The lowest BCUT2D eigenvalue weighted by Gasteiger charge is -2.23. The van der Waals surface area contributed by atoms with Crippen molar-refractivity contribution < 1.29 is 4.79 Å². The highest BCUT2D eigenvalue weighted by Crippen LogP contribution is 2.38. The number of fused-ring (bicyclic) bond motifs is 3. The predicted molar refractivity (Wildman–Crippen MR) is 93.5 cm³/mol. The maximum absolute atomic E-state index is 12.0. The molecule has 0 saturated heterocycles. The van der Waals surface area contributed by atoms with Crippen LogP contribution in [0.15, 0.2) is 42.6 Å². The average molecular weight is 328 g/mol. The molecule has 1 atom stereocenters. The Bertz CT molecular complexity index is 998. The van der Waals surface area contributed by atoms with Gasteiger partial charge in [0.2, 0.25) is 5.91 Å². The van der Waals surface area contributed by atoms with Crippen molar-refractivity contribution >= 4 is 16.8 Å². The van der Waals surface area contributed by atoms with Gasteiger partial charge in [0.1, 0.15) is 0 Å². The van der Waals surface area contributed by atoms with Gasteiger partial charge in [0.25, 0.3) is 0 Å². The van der Waals surface area contributed by atoms with Crippen molar-refractivity contribution in [1.29, 1.82) is 5.26 Å². The van der Waals surface area contributed by atoms with Crippen molar-refractivity contribution in [2.45, 2.75) is 25.3 Å². The van der Waals surface area contributed by atoms with Gasteiger partial charge in [0, 0.05) is 22.8 Å². The van der Waals surface area contributed by atoms with Crippen molar-refractivity contribution in [3.8, 4) is 6.07 Å². The molecule has 1 aliphatic carbocycles. The Balaban J connectivity index is 1.97. The number of aromatic nitrogens is 2. The Morgan fingerprint density at radius 2 is 2.28 bits per heavy atom. The average Bonchev–Trinajstić information content (AvgIpc) is 2.96. The maximum Gasteiger partial charge on any atom is 0.226 e. The van der Waals surface area contributed by atoms with E-state index in [9.17, 15) is 10.1 Å². The molecule has 0 aliphatic heterocycles. The minimum absolute atomic E-state index is 0.348. The molecule has 2 N–H and O–H groups in total. The van der Waals surface area contributed by atoms with Crippen LogP contribution in [0.3, 0.4) is 0 Å². The van der Waals surface area contributed by atoms with Crippen molar-refractivity contribution in [2.75, 3.05) is 0 Å². The van der Waals surface area contributed by atoms with Gasteiger partial charge >= 0.3 is 0 Å². The van der Waals surface area contributed by atoms with Crippen molar-refractivity contribution in [3.05, 3.63) is 71.5 Å². The molecule has 2 aromatic heterocycles. The van der Waals surface area contributed by atoms with E-state index in [1.165, 1.54) is 0 Å². The molecule has 0 fully saturated rings. The van der Waals surface area contributed by atoms with Crippen molar-refractivity contribution in [1.82, 2.24) is 9.55 Å². The summed E-state index contributed by atoms with van der Waals surface area (Å²) in [5, 5.41) is 10.2. The maximum atomic E-state index is 12.0. The number of primary amides is 1. The van der Waals surface area contributed by atoms with Crippen LogP contribution in [0.1, 0.15) is 34.9 Å². The van der Waals surface area contributed by atoms with Crippen LogP contribution in [-0.4, -0.2) is 15.5 Å². The zero-order valence-corrected chi connectivity index (χ0v) is 13.6. The minimum atomic E-state index is -0.398. The third-order valence-corrected chi connectivity index (χ3v) is 4.71. The number of nitriles is 1. The lowest BCUT2D eigenvalue weighted by atomic mass is 9.86. The quantitative estimate of drug-likeness (QED) is 0.802. The van der Waals surface area contributed by atoms with E-state index in [1.54, 1.807) is 12.3 Å². The Labute approximate surface area is 145 Å². The summed E-state index contributed by atoms with van der Waals surface area (Å²) >= 11 is 0. The molecule has 5 nitrogen and oxygen atoms in total. The van der Waals surface area contributed by atoms with E-state index in [-0.39, 0.29) is 5.91 Å². The molecule has 2 radical (unpaired) electrons. The molecule has 3 aromatic rings. The molecule has 25 heavy (non-hydrogen) atoms. The van der Waals surface area contributed by atoms with Crippen LogP contribution in [0.2, 0.25) is 0 Å². The second-order valence-corrected chi connectivity index (χ2v) is 6.20. The zero-order chi connectivity index (χ0) is 17.4. The van der Waals surface area contributed by atoms with Gasteiger partial charge in [-0.2, -0.15) is 5.26 Å². The molecule has 1 aromatic carbocycles. The highest BCUT2D eigenvalue weighted by atomic mass is 16.1. The van der Waals surface area contributed by atoms with Crippen LogP contribution >= 0.6 is 0 Å². The first kappa shape index (κ1) is 15.4. The van der Waals surface area contributed by atoms with Gasteiger partial charge < -0.3 is 10.3 Å². The molecule has 0 saturated carbocycles. The molecule has 0 spiro atoms. The number of nitrogens with zero attached hydrogens (tertiary/aromatic N) is 3. The van der Waals surface area contributed by atoms with Gasteiger partial charge in [-0.05, 0) is 55.2 Å². The molecule has 122 valence electrons. The van der Waals surface area contributed by atoms with Gasteiger partial charge in [0.15, 0.2) is 0 Å². The minimum Gasteiger partial charge on any atom is -0.369 e. The van der Waals surface area contributed by atoms with E-state index in [1.807, 2.05) is 30.3 Å². The largest absolute Gasteiger partial charge is 0.369 e. The number of amides is 1. The summed E-state index contributed by atoms with van der Waals surface area (Å²) < 4.78 is 2.12. The Kier molecular flexibility index (Phi) is 3.73. The molecular weight excluding hydrogens is 312 g/mol. The van der Waals surface area contributed by atoms with E-state index in [0.717, 1.165) is 27.9 Å². The van der Waals surface area contributed by atoms with Crippen molar-refractivity contribution in [2.24, 2.45) is 5.73 Å². The zero-order valence-electron chi connectivity index (χ0n) is 13.6. The highest BCUT2D eigenvalue weighted by molar-refractivity contribution is 5.91. The van der Waals surface area contributed by atoms with E-state index < -0.39 is 5.92 Å². The summed E-state index contributed by atoms with van der Waals surface area (Å²) in [5.41, 5.74) is 10.1. The first-order chi connectivity index (χ1) is 12.2. The summed E-state index contributed by atoms with van der Waals surface area (Å²) in [6.45, 7) is 0.558. The fraction of sp³-hybridized carbons (Fsp3) is 0.200. The first-order valence-electron chi connectivity index (χ1n) is 8.14. The van der Waals surface area contributed by atoms with Crippen LogP contribution in [0.4, 0.5) is 0 Å². The number of hydrogen-bond acceptors (Lipinski definition) is 3. The lowest BCUT2D eigenvalue weighted by molar-refractivity contribution is -0.119. The molecule has 0 bridgehead atoms. The Hall–Kier alpha value is -3.13. The van der Waals surface area contributed by atoms with Crippen LogP contribution < -0.4 is 5.73 Å². The second-order valence-electron chi connectivity index (χ2n) is 6.20. The number of hydrogen-bond donors (Lipinski definition) is 1. The molecule has 5 heteroatoms. The number of carbonyl (C=O) groups is 1. The standard InChI is InChI=1S/C20H16N4O/c21-11-13-7-8-18-17(10-13)15-5-3-6-16(20(22)25)19(15)24(18)12-14-4-1-2-9-23-14/h1-2,4,7-10,16H,5-6,12H2,(H2,22,25). The predicted octanol–water partition coefficient (Wildman–Crippen LogP) is 2.55. The molecule has 1 amide bonds. The van der Waals surface area contributed by atoms with E-state index in [2.05, 4.69) is 22.0 Å². The summed E-state index contributed by atoms with van der Waals surface area (Å²) in [6.07, 6.45) is 6.20. The SMILES string of the molecule is N#Cc1ccc2c(c1)c1c(n2Cc2ccccn2)C(C(N)=O)C[C]C1. The molecule has 1 unspecified atom stereocenters. The fourth-order valence-electron chi connectivity index (χ4n) is 3.60. The lowest BCUT2D eigenvalue weighted by Crippen LogP contribution is -2.27. The van der Waals surface area contributed by atoms with Crippen LogP contribution in [0.5, 0.6) is 0 Å². The number of benzene rings is 1. The van der Waals surface area contributed by atoms with Crippen LogP contribution in [0, 0.1) is 17.8 Å². The Morgan fingerprint density at radius 3 is 3.00 bits per heavy atom. The highest BCUT2D eigenvalue weighted by Gasteiger charge is 2.31. The number of pyridine rings is 1. The van der Waals surface area contributed by atoms with Crippen molar-refractivity contribution in [3.63, 3.8) is 0 Å². The molecule has 2 heterocycles. The van der Waals surface area contributed by atoms with Crippen LogP contribution in [-0.2, 0) is 17.8 Å². The topological polar surface area (TPSA) is 84.7 Å². The van der Waals surface area contributed by atoms with Gasteiger partial charge in [-0.25, -0.2) is 0 Å². The molecule has 4 rings (SSSR count). The van der Waals surface area contributed by atoms with E-state index in [4.69, 9.17) is 5.73 Å². The van der Waals surface area contributed by atoms with Gasteiger partial charge in [0.05, 0.1) is 29.8 Å². The monoisotopic (exact) mass is 328 g/mol. The second kappa shape index (κ2) is 6.06. The normalized spacial score (nSPS) is 16.4. The molecular formula is C20H16N4O. The molecule has 1 aliphatic rings. The number of carbonyl (C=O) groups excluding carboxylic acids is 1. The smallest absolute Gasteiger partial charge is 0.226 e. The summed E-state index contributed by atoms with van der Waals surface area (Å²) in [4.78, 5) is 16.4. The van der Waals surface area contributed by atoms with Gasteiger partial charge in [-0.15, -0.1) is 0 Å². The Morgan fingerprint density at radius 1 is 1.40 bits per heavy atom. The van der Waals surface area contributed by atoms with E-state index in [0.29, 0.717) is 24.9 Å². The number of nitrogens with two attached hydrogens (primary N) is 1. The third-order valence-electron chi connectivity index (χ3n) is 4.71.